The first-order valence-corrected chi connectivity index (χ1v) is 9.71. The monoisotopic (exact) mass is 364 g/mol. The second-order valence-electron chi connectivity index (χ2n) is 6.78. The highest BCUT2D eigenvalue weighted by Gasteiger charge is 2.17. The van der Waals surface area contributed by atoms with E-state index in [0.29, 0.717) is 6.61 Å². The zero-order valence-corrected chi connectivity index (χ0v) is 16.0. The van der Waals surface area contributed by atoms with Crippen molar-refractivity contribution < 1.29 is 9.53 Å². The molecule has 2 aromatic carbocycles. The maximum Gasteiger partial charge on any atom is 0.246 e. The molecule has 1 aliphatic heterocycles. The topological polar surface area (TPSA) is 32.8 Å². The quantitative estimate of drug-likeness (QED) is 0.730. The molecule has 0 aromatic heterocycles. The van der Waals surface area contributed by atoms with Crippen LogP contribution in [0.4, 0.5) is 0 Å². The molecule has 0 bridgehead atoms. The maximum atomic E-state index is 12.6. The van der Waals surface area contributed by atoms with Gasteiger partial charge in [-0.2, -0.15) is 0 Å². The Kier molecular flexibility index (Phi) is 7.05. The average molecular weight is 364 g/mol. The molecule has 0 aliphatic carbocycles. The largest absolute Gasteiger partial charge is 0.494 e. The summed E-state index contributed by atoms with van der Waals surface area (Å²) in [7, 11) is 0. The van der Waals surface area contributed by atoms with Crippen LogP contribution in [0.1, 0.15) is 24.5 Å². The van der Waals surface area contributed by atoms with E-state index in [-0.39, 0.29) is 5.91 Å². The molecular weight excluding hydrogens is 336 g/mol. The molecule has 3 rings (SSSR count). The van der Waals surface area contributed by atoms with Gasteiger partial charge < -0.3 is 9.64 Å². The summed E-state index contributed by atoms with van der Waals surface area (Å²) < 4.78 is 5.44. The molecule has 4 heteroatoms. The standard InChI is InChI=1S/C23H28N2O2/c1-2-27-22-12-9-20(10-13-22)11-14-23(26)25-16-6-15-24(17-18-25)19-21-7-4-3-5-8-21/h3-5,7-14H,2,6,15-19H2,1H3/b14-11+. The van der Waals surface area contributed by atoms with Crippen LogP contribution in [-0.4, -0.2) is 48.5 Å². The molecular formula is C23H28N2O2. The summed E-state index contributed by atoms with van der Waals surface area (Å²) in [5.41, 5.74) is 2.33. The average Bonchev–Trinajstić information content (AvgIpc) is 2.94. The summed E-state index contributed by atoms with van der Waals surface area (Å²) in [6.07, 6.45) is 4.57. The molecule has 0 spiro atoms. The Morgan fingerprint density at radius 2 is 1.78 bits per heavy atom. The molecule has 0 atom stereocenters. The molecule has 1 saturated heterocycles. The molecule has 2 aromatic rings. The van der Waals surface area contributed by atoms with Crippen LogP contribution >= 0.6 is 0 Å². The lowest BCUT2D eigenvalue weighted by Gasteiger charge is -2.21. The van der Waals surface area contributed by atoms with Crippen molar-refractivity contribution in [2.75, 3.05) is 32.8 Å². The van der Waals surface area contributed by atoms with Gasteiger partial charge in [0.2, 0.25) is 5.91 Å². The first-order chi connectivity index (χ1) is 13.2. The van der Waals surface area contributed by atoms with E-state index in [0.717, 1.165) is 50.5 Å². The molecule has 142 valence electrons. The normalized spacial score (nSPS) is 15.7. The number of hydrogen-bond donors (Lipinski definition) is 0. The Hall–Kier alpha value is -2.59. The molecule has 1 aliphatic rings. The van der Waals surface area contributed by atoms with Crippen LogP contribution in [0.2, 0.25) is 0 Å². The maximum absolute atomic E-state index is 12.6. The fourth-order valence-corrected chi connectivity index (χ4v) is 3.31. The summed E-state index contributed by atoms with van der Waals surface area (Å²) in [4.78, 5) is 16.9. The Balaban J connectivity index is 1.51. The van der Waals surface area contributed by atoms with E-state index in [4.69, 9.17) is 4.74 Å². The summed E-state index contributed by atoms with van der Waals surface area (Å²) in [5.74, 6) is 0.942. The minimum absolute atomic E-state index is 0.0884. The molecule has 0 N–H and O–H groups in total. The predicted molar refractivity (Wildman–Crippen MR) is 110 cm³/mol. The van der Waals surface area contributed by atoms with Gasteiger partial charge in [0.1, 0.15) is 5.75 Å². The third-order valence-electron chi connectivity index (χ3n) is 4.76. The van der Waals surface area contributed by atoms with Crippen molar-refractivity contribution in [3.8, 4) is 5.75 Å². The van der Waals surface area contributed by atoms with Gasteiger partial charge in [0, 0.05) is 38.8 Å². The third-order valence-corrected chi connectivity index (χ3v) is 4.76. The van der Waals surface area contributed by atoms with Gasteiger partial charge in [0.05, 0.1) is 6.61 Å². The van der Waals surface area contributed by atoms with Crippen LogP contribution in [0.5, 0.6) is 5.75 Å². The number of carbonyl (C=O) groups is 1. The van der Waals surface area contributed by atoms with E-state index in [1.807, 2.05) is 48.2 Å². The van der Waals surface area contributed by atoms with Gasteiger partial charge in [0.25, 0.3) is 0 Å². The Bertz CT molecular complexity index is 741. The van der Waals surface area contributed by atoms with Crippen molar-refractivity contribution in [2.45, 2.75) is 19.9 Å². The van der Waals surface area contributed by atoms with Gasteiger partial charge in [-0.1, -0.05) is 42.5 Å². The lowest BCUT2D eigenvalue weighted by molar-refractivity contribution is -0.125. The van der Waals surface area contributed by atoms with E-state index < -0.39 is 0 Å². The van der Waals surface area contributed by atoms with Crippen LogP contribution in [0.3, 0.4) is 0 Å². The van der Waals surface area contributed by atoms with Crippen LogP contribution in [-0.2, 0) is 11.3 Å². The Morgan fingerprint density at radius 1 is 1.00 bits per heavy atom. The second kappa shape index (κ2) is 9.93. The minimum Gasteiger partial charge on any atom is -0.494 e. The van der Waals surface area contributed by atoms with Crippen LogP contribution in [0.25, 0.3) is 6.08 Å². The number of ether oxygens (including phenoxy) is 1. The molecule has 0 radical (unpaired) electrons. The minimum atomic E-state index is 0.0884. The van der Waals surface area contributed by atoms with E-state index in [1.165, 1.54) is 5.56 Å². The van der Waals surface area contributed by atoms with Crippen molar-refractivity contribution in [1.82, 2.24) is 9.80 Å². The van der Waals surface area contributed by atoms with Gasteiger partial charge in [-0.15, -0.1) is 0 Å². The smallest absolute Gasteiger partial charge is 0.246 e. The van der Waals surface area contributed by atoms with Crippen LogP contribution < -0.4 is 4.74 Å². The zero-order valence-electron chi connectivity index (χ0n) is 16.0. The SMILES string of the molecule is CCOc1ccc(/C=C/C(=O)N2CCCN(Cc3ccccc3)CC2)cc1. The van der Waals surface area contributed by atoms with Gasteiger partial charge in [0.15, 0.2) is 0 Å². The van der Waals surface area contributed by atoms with Crippen molar-refractivity contribution >= 4 is 12.0 Å². The highest BCUT2D eigenvalue weighted by Crippen LogP contribution is 2.14. The number of hydrogen-bond acceptors (Lipinski definition) is 3. The molecule has 1 heterocycles. The lowest BCUT2D eigenvalue weighted by atomic mass is 10.2. The predicted octanol–water partition coefficient (Wildman–Crippen LogP) is 3.83. The lowest BCUT2D eigenvalue weighted by Crippen LogP contribution is -2.34. The molecule has 1 amide bonds. The number of nitrogens with zero attached hydrogens (tertiary/aromatic N) is 2. The van der Waals surface area contributed by atoms with Crippen LogP contribution in [0, 0.1) is 0 Å². The third kappa shape index (κ3) is 5.97. The van der Waals surface area contributed by atoms with Gasteiger partial charge in [-0.05, 0) is 42.7 Å². The summed E-state index contributed by atoms with van der Waals surface area (Å²) in [6.45, 7) is 7.11. The van der Waals surface area contributed by atoms with Crippen molar-refractivity contribution in [3.63, 3.8) is 0 Å². The highest BCUT2D eigenvalue weighted by molar-refractivity contribution is 5.91. The first-order valence-electron chi connectivity index (χ1n) is 9.71. The van der Waals surface area contributed by atoms with E-state index >= 15 is 0 Å². The number of benzene rings is 2. The fourth-order valence-electron chi connectivity index (χ4n) is 3.31. The summed E-state index contributed by atoms with van der Waals surface area (Å²) in [6, 6.07) is 18.3. The van der Waals surface area contributed by atoms with Crippen molar-refractivity contribution in [2.24, 2.45) is 0 Å². The molecule has 1 fully saturated rings. The number of rotatable bonds is 6. The molecule has 27 heavy (non-hydrogen) atoms. The summed E-state index contributed by atoms with van der Waals surface area (Å²) >= 11 is 0. The fraction of sp³-hybridized carbons (Fsp3) is 0.348. The molecule has 0 unspecified atom stereocenters. The van der Waals surface area contributed by atoms with Gasteiger partial charge >= 0.3 is 0 Å². The van der Waals surface area contributed by atoms with Crippen molar-refractivity contribution in [3.05, 3.63) is 71.8 Å². The second-order valence-corrected chi connectivity index (χ2v) is 6.78. The molecule has 4 nitrogen and oxygen atoms in total. The van der Waals surface area contributed by atoms with E-state index in [9.17, 15) is 4.79 Å². The van der Waals surface area contributed by atoms with E-state index in [2.05, 4.69) is 29.2 Å². The Morgan fingerprint density at radius 3 is 2.52 bits per heavy atom. The van der Waals surface area contributed by atoms with Crippen molar-refractivity contribution in [1.29, 1.82) is 0 Å². The Labute approximate surface area is 162 Å². The number of carbonyl (C=O) groups excluding carboxylic acids is 1. The van der Waals surface area contributed by atoms with Gasteiger partial charge in [-0.3, -0.25) is 9.69 Å². The van der Waals surface area contributed by atoms with Crippen LogP contribution in [0.15, 0.2) is 60.7 Å². The summed E-state index contributed by atoms with van der Waals surface area (Å²) in [5, 5.41) is 0. The number of amides is 1. The van der Waals surface area contributed by atoms with Gasteiger partial charge in [-0.25, -0.2) is 0 Å². The zero-order chi connectivity index (χ0) is 18.9. The molecule has 0 saturated carbocycles. The van der Waals surface area contributed by atoms with E-state index in [1.54, 1.807) is 6.08 Å². The highest BCUT2D eigenvalue weighted by atomic mass is 16.5. The first kappa shape index (κ1) is 19.2.